The van der Waals surface area contributed by atoms with E-state index < -0.39 is 0 Å². The number of hydrogen-bond acceptors (Lipinski definition) is 3. The van der Waals surface area contributed by atoms with Crippen LogP contribution < -0.4 is 5.32 Å². The van der Waals surface area contributed by atoms with Crippen molar-refractivity contribution in [3.05, 3.63) is 29.7 Å². The SMILES string of the molecule is CCN(CC(=O)NC(C)C)C(=O)/C=C/c1ccc(C)o1. The third-order valence-electron chi connectivity index (χ3n) is 2.63. The van der Waals surface area contributed by atoms with E-state index in [1.54, 1.807) is 12.1 Å². The van der Waals surface area contributed by atoms with Crippen LogP contribution in [0.4, 0.5) is 0 Å². The highest BCUT2D eigenvalue weighted by Crippen LogP contribution is 2.08. The lowest BCUT2D eigenvalue weighted by molar-refractivity contribution is -0.132. The molecule has 0 aromatic carbocycles. The minimum atomic E-state index is -0.208. The second-order valence-corrected chi connectivity index (χ2v) is 4.86. The number of hydrogen-bond donors (Lipinski definition) is 1. The first-order valence-corrected chi connectivity index (χ1v) is 6.75. The highest BCUT2D eigenvalue weighted by Gasteiger charge is 2.13. The molecule has 0 bridgehead atoms. The van der Waals surface area contributed by atoms with Crippen molar-refractivity contribution >= 4 is 17.9 Å². The van der Waals surface area contributed by atoms with E-state index in [4.69, 9.17) is 4.42 Å². The van der Waals surface area contributed by atoms with Gasteiger partial charge in [0.15, 0.2) is 0 Å². The number of likely N-dealkylation sites (N-methyl/N-ethyl adjacent to an activating group) is 1. The van der Waals surface area contributed by atoms with Crippen LogP contribution in [0.25, 0.3) is 6.08 Å². The van der Waals surface area contributed by atoms with Gasteiger partial charge in [-0.25, -0.2) is 0 Å². The van der Waals surface area contributed by atoms with Gasteiger partial charge in [0.25, 0.3) is 0 Å². The van der Waals surface area contributed by atoms with Crippen LogP contribution in [-0.2, 0) is 9.59 Å². The van der Waals surface area contributed by atoms with Crippen LogP contribution in [0, 0.1) is 6.92 Å². The molecule has 0 aliphatic heterocycles. The molecule has 1 N–H and O–H groups in total. The molecule has 0 aliphatic carbocycles. The molecule has 5 heteroatoms. The van der Waals surface area contributed by atoms with E-state index in [9.17, 15) is 9.59 Å². The van der Waals surface area contributed by atoms with Crippen molar-refractivity contribution in [2.45, 2.75) is 33.7 Å². The standard InChI is InChI=1S/C15H22N2O3/c1-5-17(10-14(18)16-11(2)3)15(19)9-8-13-7-6-12(4)20-13/h6-9,11H,5,10H2,1-4H3,(H,16,18)/b9-8+. The Morgan fingerprint density at radius 2 is 2.10 bits per heavy atom. The Kier molecular flexibility index (Phi) is 6.03. The lowest BCUT2D eigenvalue weighted by Gasteiger charge is -2.19. The highest BCUT2D eigenvalue weighted by atomic mass is 16.3. The van der Waals surface area contributed by atoms with Crippen LogP contribution in [0.5, 0.6) is 0 Å². The van der Waals surface area contributed by atoms with Crippen LogP contribution in [0.3, 0.4) is 0 Å². The number of nitrogens with zero attached hydrogens (tertiary/aromatic N) is 1. The van der Waals surface area contributed by atoms with Crippen molar-refractivity contribution in [3.8, 4) is 0 Å². The van der Waals surface area contributed by atoms with Gasteiger partial charge in [-0.15, -0.1) is 0 Å². The van der Waals surface area contributed by atoms with E-state index in [0.717, 1.165) is 5.76 Å². The monoisotopic (exact) mass is 278 g/mol. The summed E-state index contributed by atoms with van der Waals surface area (Å²) < 4.78 is 5.34. The fourth-order valence-electron chi connectivity index (χ4n) is 1.69. The first-order valence-electron chi connectivity index (χ1n) is 6.75. The predicted molar refractivity (Wildman–Crippen MR) is 78.0 cm³/mol. The maximum Gasteiger partial charge on any atom is 0.247 e. The molecule has 0 radical (unpaired) electrons. The largest absolute Gasteiger partial charge is 0.462 e. The van der Waals surface area contributed by atoms with E-state index in [0.29, 0.717) is 12.3 Å². The van der Waals surface area contributed by atoms with Crippen molar-refractivity contribution in [2.24, 2.45) is 0 Å². The van der Waals surface area contributed by atoms with Gasteiger partial charge in [-0.3, -0.25) is 9.59 Å². The summed E-state index contributed by atoms with van der Waals surface area (Å²) in [6.07, 6.45) is 3.03. The van der Waals surface area contributed by atoms with Crippen LogP contribution in [-0.4, -0.2) is 35.8 Å². The van der Waals surface area contributed by atoms with E-state index >= 15 is 0 Å². The van der Waals surface area contributed by atoms with E-state index in [1.807, 2.05) is 33.8 Å². The number of nitrogens with one attached hydrogen (secondary N) is 1. The summed E-state index contributed by atoms with van der Waals surface area (Å²) in [6.45, 7) is 7.99. The Labute approximate surface area is 119 Å². The average molecular weight is 278 g/mol. The van der Waals surface area contributed by atoms with Crippen LogP contribution in [0.1, 0.15) is 32.3 Å². The van der Waals surface area contributed by atoms with Crippen molar-refractivity contribution < 1.29 is 14.0 Å². The first-order chi connectivity index (χ1) is 9.42. The molecule has 0 saturated heterocycles. The van der Waals surface area contributed by atoms with Gasteiger partial charge in [0.05, 0.1) is 6.54 Å². The van der Waals surface area contributed by atoms with Crippen LogP contribution in [0.2, 0.25) is 0 Å². The Balaban J connectivity index is 2.58. The molecule has 1 aromatic rings. The summed E-state index contributed by atoms with van der Waals surface area (Å²) in [5, 5.41) is 2.76. The molecule has 1 heterocycles. The number of rotatable bonds is 6. The second-order valence-electron chi connectivity index (χ2n) is 4.86. The molecule has 20 heavy (non-hydrogen) atoms. The Hall–Kier alpha value is -2.04. The Bertz CT molecular complexity index is 489. The van der Waals surface area contributed by atoms with Gasteiger partial charge in [0.1, 0.15) is 11.5 Å². The van der Waals surface area contributed by atoms with Gasteiger partial charge in [0, 0.05) is 18.7 Å². The first kappa shape index (κ1) is 16.0. The molecule has 0 unspecified atom stereocenters. The van der Waals surface area contributed by atoms with E-state index in [1.165, 1.54) is 11.0 Å². The molecule has 5 nitrogen and oxygen atoms in total. The summed E-state index contributed by atoms with van der Waals surface area (Å²) in [5.41, 5.74) is 0. The molecule has 1 rings (SSSR count). The third-order valence-corrected chi connectivity index (χ3v) is 2.63. The molecular formula is C15H22N2O3. The molecule has 1 aromatic heterocycles. The summed E-state index contributed by atoms with van der Waals surface area (Å²) in [5.74, 6) is 1.05. The van der Waals surface area contributed by atoms with Gasteiger partial charge < -0.3 is 14.6 Å². The van der Waals surface area contributed by atoms with Gasteiger partial charge in [0.2, 0.25) is 11.8 Å². The molecule has 0 spiro atoms. The normalized spacial score (nSPS) is 11.1. The third kappa shape index (κ3) is 5.30. The predicted octanol–water partition coefficient (Wildman–Crippen LogP) is 1.97. The van der Waals surface area contributed by atoms with Gasteiger partial charge in [-0.2, -0.15) is 0 Å². The minimum Gasteiger partial charge on any atom is -0.462 e. The van der Waals surface area contributed by atoms with Crippen LogP contribution in [0.15, 0.2) is 22.6 Å². The zero-order chi connectivity index (χ0) is 15.1. The van der Waals surface area contributed by atoms with Gasteiger partial charge in [-0.05, 0) is 45.9 Å². The molecular weight excluding hydrogens is 256 g/mol. The second kappa shape index (κ2) is 7.53. The van der Waals surface area contributed by atoms with Crippen LogP contribution >= 0.6 is 0 Å². The maximum atomic E-state index is 12.0. The number of carbonyl (C=O) groups excluding carboxylic acids is 2. The summed E-state index contributed by atoms with van der Waals surface area (Å²) in [6, 6.07) is 3.69. The minimum absolute atomic E-state index is 0.0645. The summed E-state index contributed by atoms with van der Waals surface area (Å²) in [7, 11) is 0. The average Bonchev–Trinajstić information content (AvgIpc) is 2.78. The summed E-state index contributed by atoms with van der Waals surface area (Å²) >= 11 is 0. The summed E-state index contributed by atoms with van der Waals surface area (Å²) in [4.78, 5) is 25.1. The quantitative estimate of drug-likeness (QED) is 0.809. The van der Waals surface area contributed by atoms with Crippen molar-refractivity contribution in [2.75, 3.05) is 13.1 Å². The smallest absolute Gasteiger partial charge is 0.247 e. The molecule has 0 saturated carbocycles. The maximum absolute atomic E-state index is 12.0. The van der Waals surface area contributed by atoms with Gasteiger partial charge in [-0.1, -0.05) is 0 Å². The van der Waals surface area contributed by atoms with E-state index in [-0.39, 0.29) is 24.4 Å². The number of carbonyl (C=O) groups is 2. The Morgan fingerprint density at radius 1 is 1.40 bits per heavy atom. The van der Waals surface area contributed by atoms with Crippen molar-refractivity contribution in [3.63, 3.8) is 0 Å². The highest BCUT2D eigenvalue weighted by molar-refractivity contribution is 5.94. The molecule has 0 atom stereocenters. The topological polar surface area (TPSA) is 62.6 Å². The fourth-order valence-corrected chi connectivity index (χ4v) is 1.69. The molecule has 2 amide bonds. The number of aryl methyl sites for hydroxylation is 1. The zero-order valence-electron chi connectivity index (χ0n) is 12.5. The number of amides is 2. The van der Waals surface area contributed by atoms with E-state index in [2.05, 4.69) is 5.32 Å². The Morgan fingerprint density at radius 3 is 2.60 bits per heavy atom. The van der Waals surface area contributed by atoms with Crippen molar-refractivity contribution in [1.82, 2.24) is 10.2 Å². The lowest BCUT2D eigenvalue weighted by atomic mass is 10.3. The van der Waals surface area contributed by atoms with Crippen molar-refractivity contribution in [1.29, 1.82) is 0 Å². The number of furan rings is 1. The molecule has 0 aliphatic rings. The lowest BCUT2D eigenvalue weighted by Crippen LogP contribution is -2.42. The molecule has 0 fully saturated rings. The zero-order valence-corrected chi connectivity index (χ0v) is 12.5. The van der Waals surface area contributed by atoms with Gasteiger partial charge >= 0.3 is 0 Å². The molecule has 110 valence electrons. The fraction of sp³-hybridized carbons (Fsp3) is 0.467.